The second kappa shape index (κ2) is 5.61. The van der Waals surface area contributed by atoms with Crippen LogP contribution in [0.3, 0.4) is 0 Å². The molecule has 0 bridgehead atoms. The van der Waals surface area contributed by atoms with Crippen LogP contribution in [0.1, 0.15) is 24.2 Å². The number of hydrogen-bond donors (Lipinski definition) is 6. The third-order valence-electron chi connectivity index (χ3n) is 4.89. The number of hydrogen-bond acceptors (Lipinski definition) is 8. The van der Waals surface area contributed by atoms with E-state index in [9.17, 15) is 40.2 Å². The third-order valence-corrected chi connectivity index (χ3v) is 4.89. The van der Waals surface area contributed by atoms with Crippen LogP contribution in [0.4, 0.5) is 0 Å². The fourth-order valence-electron chi connectivity index (χ4n) is 3.70. The van der Waals surface area contributed by atoms with Crippen molar-refractivity contribution in [3.05, 3.63) is 41.0 Å². The highest BCUT2D eigenvalue weighted by atomic mass is 16.3. The zero-order valence-electron chi connectivity index (χ0n) is 14.4. The molecule has 0 radical (unpaired) electrons. The Kier molecular flexibility index (Phi) is 3.53. The van der Waals surface area contributed by atoms with Gasteiger partial charge in [0.05, 0.1) is 16.3 Å². The first-order valence-corrected chi connectivity index (χ1v) is 8.17. The van der Waals surface area contributed by atoms with Gasteiger partial charge in [0.2, 0.25) is 5.78 Å². The molecule has 0 amide bonds. The minimum atomic E-state index is -1.80. The number of aliphatic hydroxyl groups excluding tert-OH is 2. The van der Waals surface area contributed by atoms with Crippen molar-refractivity contribution in [1.82, 2.24) is 0 Å². The van der Waals surface area contributed by atoms with Crippen LogP contribution in [-0.4, -0.2) is 42.2 Å². The quantitative estimate of drug-likeness (QED) is 0.277. The summed E-state index contributed by atoms with van der Waals surface area (Å²) in [5.41, 5.74) is -1.14. The number of aliphatic hydroxyl groups is 2. The Morgan fingerprint density at radius 2 is 1.54 bits per heavy atom. The van der Waals surface area contributed by atoms with Gasteiger partial charge < -0.3 is 30.6 Å². The normalized spacial score (nSPS) is 16.6. The zero-order chi connectivity index (χ0) is 20.5. The minimum absolute atomic E-state index is 0.0526. The van der Waals surface area contributed by atoms with Gasteiger partial charge in [0.1, 0.15) is 40.4 Å². The summed E-state index contributed by atoms with van der Waals surface area (Å²) in [6.07, 6.45) is -1.80. The second-order valence-corrected chi connectivity index (χ2v) is 6.62. The molecule has 8 heteroatoms. The van der Waals surface area contributed by atoms with Gasteiger partial charge in [-0.25, -0.2) is 0 Å². The average Bonchev–Trinajstić information content (AvgIpc) is 2.58. The molecule has 1 aliphatic carbocycles. The van der Waals surface area contributed by atoms with E-state index in [-0.39, 0.29) is 38.4 Å². The topological polar surface area (TPSA) is 156 Å². The number of carbonyl (C=O) groups excluding carboxylic acids is 2. The van der Waals surface area contributed by atoms with Gasteiger partial charge in [0.15, 0.2) is 5.78 Å². The van der Waals surface area contributed by atoms with E-state index in [1.54, 1.807) is 0 Å². The fraction of sp³-hybridized carbons (Fsp3) is 0.100. The molecule has 0 spiro atoms. The number of ketones is 2. The molecule has 142 valence electrons. The van der Waals surface area contributed by atoms with E-state index >= 15 is 0 Å². The first kappa shape index (κ1) is 17.6. The summed E-state index contributed by atoms with van der Waals surface area (Å²) in [7, 11) is 0. The van der Waals surface area contributed by atoms with Crippen molar-refractivity contribution in [2.24, 2.45) is 0 Å². The third kappa shape index (κ3) is 2.15. The second-order valence-electron chi connectivity index (χ2n) is 6.62. The lowest BCUT2D eigenvalue weighted by atomic mass is 9.83. The Labute approximate surface area is 156 Å². The molecule has 8 nitrogen and oxygen atoms in total. The summed E-state index contributed by atoms with van der Waals surface area (Å²) in [6.45, 7) is 1.04. The van der Waals surface area contributed by atoms with E-state index in [1.807, 2.05) is 0 Å². The van der Waals surface area contributed by atoms with Crippen molar-refractivity contribution in [2.45, 2.75) is 13.0 Å². The Hall–Kier alpha value is -3.78. The SMILES string of the molecule is CC(=O)C1=C(O)c2c(cc3cc4cc(O)cc(O)c4c(O)c3c2O)[C@H](O)C1=O. The zero-order valence-corrected chi connectivity index (χ0v) is 14.4. The van der Waals surface area contributed by atoms with E-state index < -0.39 is 46.3 Å². The van der Waals surface area contributed by atoms with Crippen molar-refractivity contribution in [1.29, 1.82) is 0 Å². The molecule has 0 heterocycles. The van der Waals surface area contributed by atoms with Gasteiger partial charge in [-0.15, -0.1) is 0 Å². The van der Waals surface area contributed by atoms with Crippen LogP contribution in [0.5, 0.6) is 23.0 Å². The van der Waals surface area contributed by atoms with Crippen LogP contribution in [0.2, 0.25) is 0 Å². The van der Waals surface area contributed by atoms with Gasteiger partial charge in [-0.05, 0) is 35.9 Å². The summed E-state index contributed by atoms with van der Waals surface area (Å²) >= 11 is 0. The van der Waals surface area contributed by atoms with Gasteiger partial charge >= 0.3 is 0 Å². The molecule has 3 aromatic carbocycles. The molecular formula is C20H14O8. The van der Waals surface area contributed by atoms with Crippen molar-refractivity contribution in [3.8, 4) is 23.0 Å². The smallest absolute Gasteiger partial charge is 0.203 e. The maximum atomic E-state index is 12.3. The Morgan fingerprint density at radius 1 is 0.893 bits per heavy atom. The number of fused-ring (bicyclic) bond motifs is 3. The molecule has 0 aliphatic heterocycles. The number of benzene rings is 3. The molecule has 6 N–H and O–H groups in total. The lowest BCUT2D eigenvalue weighted by Gasteiger charge is -2.24. The highest BCUT2D eigenvalue weighted by molar-refractivity contribution is 6.27. The van der Waals surface area contributed by atoms with E-state index in [0.29, 0.717) is 0 Å². The standard InChI is InChI=1S/C20H14O8/c1-6(21)12-17(25)15-10(16(24)20(12)28)4-8-2-7-3-9(22)5-11(23)13(7)18(26)14(8)19(15)27/h2-5,16,22-27H,1H3/t16-/m0/s1. The molecule has 0 saturated carbocycles. The summed E-state index contributed by atoms with van der Waals surface area (Å²) in [5.74, 6) is -4.49. The number of rotatable bonds is 1. The monoisotopic (exact) mass is 382 g/mol. The van der Waals surface area contributed by atoms with Crippen LogP contribution in [0.15, 0.2) is 29.8 Å². The number of carbonyl (C=O) groups is 2. The molecule has 0 aromatic heterocycles. The summed E-state index contributed by atoms with van der Waals surface area (Å²) in [5, 5.41) is 62.1. The lowest BCUT2D eigenvalue weighted by Crippen LogP contribution is -2.25. The molecule has 4 rings (SSSR count). The molecule has 1 atom stereocenters. The van der Waals surface area contributed by atoms with Crippen LogP contribution in [0.25, 0.3) is 27.3 Å². The van der Waals surface area contributed by atoms with Crippen LogP contribution in [-0.2, 0) is 9.59 Å². The van der Waals surface area contributed by atoms with E-state index in [0.717, 1.165) is 13.0 Å². The Morgan fingerprint density at radius 3 is 2.18 bits per heavy atom. The van der Waals surface area contributed by atoms with Crippen LogP contribution < -0.4 is 0 Å². The number of aromatic hydroxyl groups is 4. The Balaban J connectivity index is 2.21. The van der Waals surface area contributed by atoms with Crippen molar-refractivity contribution >= 4 is 38.9 Å². The van der Waals surface area contributed by atoms with Crippen LogP contribution in [0, 0.1) is 0 Å². The predicted molar refractivity (Wildman–Crippen MR) is 98.3 cm³/mol. The highest BCUT2D eigenvalue weighted by Crippen LogP contribution is 2.49. The maximum absolute atomic E-state index is 12.3. The molecule has 0 saturated heterocycles. The summed E-state index contributed by atoms with van der Waals surface area (Å²) < 4.78 is 0. The van der Waals surface area contributed by atoms with Crippen LogP contribution >= 0.6 is 0 Å². The fourth-order valence-corrected chi connectivity index (χ4v) is 3.70. The molecule has 28 heavy (non-hydrogen) atoms. The lowest BCUT2D eigenvalue weighted by molar-refractivity contribution is -0.126. The molecule has 1 aliphatic rings. The van der Waals surface area contributed by atoms with Crippen molar-refractivity contribution in [3.63, 3.8) is 0 Å². The molecule has 0 unspecified atom stereocenters. The predicted octanol–water partition coefficient (Wildman–Crippen LogP) is 2.29. The van der Waals surface area contributed by atoms with Gasteiger partial charge in [0.25, 0.3) is 0 Å². The number of Topliss-reactive ketones (excluding diaryl/α,β-unsaturated/α-hetero) is 2. The molecule has 0 fully saturated rings. The van der Waals surface area contributed by atoms with Gasteiger partial charge in [-0.3, -0.25) is 9.59 Å². The van der Waals surface area contributed by atoms with E-state index in [2.05, 4.69) is 0 Å². The maximum Gasteiger partial charge on any atom is 0.203 e. The largest absolute Gasteiger partial charge is 0.508 e. The highest BCUT2D eigenvalue weighted by Gasteiger charge is 2.38. The number of phenols is 4. The molecular weight excluding hydrogens is 368 g/mol. The first-order valence-electron chi connectivity index (χ1n) is 8.17. The first-order chi connectivity index (χ1) is 13.1. The van der Waals surface area contributed by atoms with Gasteiger partial charge in [-0.1, -0.05) is 0 Å². The minimum Gasteiger partial charge on any atom is -0.508 e. The van der Waals surface area contributed by atoms with E-state index in [1.165, 1.54) is 18.2 Å². The van der Waals surface area contributed by atoms with Gasteiger partial charge in [0, 0.05) is 11.6 Å². The van der Waals surface area contributed by atoms with Gasteiger partial charge in [-0.2, -0.15) is 0 Å². The number of phenolic OH excluding ortho intramolecular Hbond substituents is 4. The van der Waals surface area contributed by atoms with Crippen molar-refractivity contribution in [2.75, 3.05) is 0 Å². The van der Waals surface area contributed by atoms with Crippen molar-refractivity contribution < 1.29 is 40.2 Å². The Bertz CT molecular complexity index is 1270. The summed E-state index contributed by atoms with van der Waals surface area (Å²) in [6, 6.07) is 4.98. The summed E-state index contributed by atoms with van der Waals surface area (Å²) in [4.78, 5) is 24.0. The average molecular weight is 382 g/mol. The molecule has 3 aromatic rings. The van der Waals surface area contributed by atoms with E-state index in [4.69, 9.17) is 0 Å².